The second-order valence-corrected chi connectivity index (χ2v) is 12.3. The molecule has 3 aromatic heterocycles. The maximum atomic E-state index is 15.5. The van der Waals surface area contributed by atoms with Crippen molar-refractivity contribution in [2.45, 2.75) is 76.5 Å². The molecule has 0 radical (unpaired) electrons. The number of carbonyl (C=O) groups excluding carboxylic acids is 1. The minimum atomic E-state index is -0.378. The van der Waals surface area contributed by atoms with E-state index in [-0.39, 0.29) is 23.8 Å². The molecule has 0 atom stereocenters. The third-order valence-corrected chi connectivity index (χ3v) is 9.05. The zero-order valence-corrected chi connectivity index (χ0v) is 24.9. The van der Waals surface area contributed by atoms with Crippen molar-refractivity contribution in [1.82, 2.24) is 30.0 Å². The van der Waals surface area contributed by atoms with Crippen molar-refractivity contribution in [2.24, 2.45) is 7.05 Å². The first-order valence-electron chi connectivity index (χ1n) is 15.2. The van der Waals surface area contributed by atoms with E-state index in [0.29, 0.717) is 47.6 Å². The molecular formula is C33H34FN9O. The standard InChI is InChI=1S/C33H34FN9O/c1-20-11-24(26(17-36-20)31-41-38-19-42(31)2)22-14-29(40-33(7-8-33)9-10-35)39-30(15-22)43-18-27-25(32(43)44)12-21(13-28(27)34)16-37-23-5-3-4-6-23/h11-15,17,19,23,37H,3-9,16,18H2,1-2H3,(H,39,40). The number of hydrogen-bond acceptors (Lipinski definition) is 8. The Morgan fingerprint density at radius 3 is 2.66 bits per heavy atom. The van der Waals surface area contributed by atoms with Crippen LogP contribution in [0.3, 0.4) is 0 Å². The number of nitrogens with one attached hydrogen (secondary N) is 2. The Hall–Kier alpha value is -4.69. The van der Waals surface area contributed by atoms with E-state index < -0.39 is 0 Å². The van der Waals surface area contributed by atoms with Gasteiger partial charge in [-0.3, -0.25) is 14.7 Å². The van der Waals surface area contributed by atoms with Crippen LogP contribution in [0.1, 0.15) is 72.1 Å². The van der Waals surface area contributed by atoms with E-state index in [1.165, 1.54) is 17.7 Å². The van der Waals surface area contributed by atoms with Crippen LogP contribution in [-0.2, 0) is 20.1 Å². The van der Waals surface area contributed by atoms with Crippen LogP contribution in [0.5, 0.6) is 0 Å². The first-order chi connectivity index (χ1) is 21.3. The van der Waals surface area contributed by atoms with E-state index in [2.05, 4.69) is 31.9 Å². The van der Waals surface area contributed by atoms with Crippen molar-refractivity contribution in [3.8, 4) is 28.6 Å². The molecule has 4 aromatic rings. The summed E-state index contributed by atoms with van der Waals surface area (Å²) in [5, 5.41) is 24.8. The Balaban J connectivity index is 1.27. The molecule has 10 nitrogen and oxygen atoms in total. The van der Waals surface area contributed by atoms with Crippen LogP contribution in [-0.4, -0.2) is 42.2 Å². The van der Waals surface area contributed by atoms with Crippen LogP contribution in [0.25, 0.3) is 22.5 Å². The van der Waals surface area contributed by atoms with Crippen molar-refractivity contribution < 1.29 is 9.18 Å². The van der Waals surface area contributed by atoms with Crippen LogP contribution in [0.15, 0.2) is 42.9 Å². The lowest BCUT2D eigenvalue weighted by atomic mass is 10.00. The largest absolute Gasteiger partial charge is 0.364 e. The average molecular weight is 592 g/mol. The van der Waals surface area contributed by atoms with Crippen LogP contribution in [0.4, 0.5) is 16.0 Å². The number of aryl methyl sites for hydroxylation is 2. The van der Waals surface area contributed by atoms with Gasteiger partial charge < -0.3 is 15.2 Å². The van der Waals surface area contributed by atoms with E-state index in [9.17, 15) is 10.1 Å². The number of fused-ring (bicyclic) bond motifs is 1. The Kier molecular flexibility index (Phi) is 7.09. The summed E-state index contributed by atoms with van der Waals surface area (Å²) in [4.78, 5) is 24.8. The summed E-state index contributed by atoms with van der Waals surface area (Å²) >= 11 is 0. The van der Waals surface area contributed by atoms with Gasteiger partial charge in [0.25, 0.3) is 5.91 Å². The molecule has 0 bridgehead atoms. The van der Waals surface area contributed by atoms with Crippen molar-refractivity contribution in [3.05, 3.63) is 71.1 Å². The number of nitriles is 1. The fourth-order valence-corrected chi connectivity index (χ4v) is 6.40. The highest BCUT2D eigenvalue weighted by atomic mass is 19.1. The third-order valence-electron chi connectivity index (χ3n) is 9.05. The van der Waals surface area contributed by atoms with Gasteiger partial charge in [0.05, 0.1) is 24.6 Å². The quantitative estimate of drug-likeness (QED) is 0.264. The first-order valence-corrected chi connectivity index (χ1v) is 15.2. The van der Waals surface area contributed by atoms with Gasteiger partial charge in [-0.25, -0.2) is 9.37 Å². The highest BCUT2D eigenvalue weighted by molar-refractivity contribution is 6.10. The second kappa shape index (κ2) is 11.1. The topological polar surface area (TPSA) is 125 Å². The van der Waals surface area contributed by atoms with Crippen LogP contribution < -0.4 is 15.5 Å². The summed E-state index contributed by atoms with van der Waals surface area (Å²) in [6.07, 6.45) is 10.2. The molecule has 0 spiro atoms. The van der Waals surface area contributed by atoms with Gasteiger partial charge in [-0.15, -0.1) is 10.2 Å². The Labute approximate surface area is 255 Å². The normalized spacial score (nSPS) is 17.1. The highest BCUT2D eigenvalue weighted by Crippen LogP contribution is 2.43. The number of amides is 1. The number of hydrogen-bond donors (Lipinski definition) is 2. The zero-order valence-electron chi connectivity index (χ0n) is 24.9. The van der Waals surface area contributed by atoms with E-state index in [0.717, 1.165) is 53.6 Å². The summed E-state index contributed by atoms with van der Waals surface area (Å²) in [6.45, 7) is 2.53. The third kappa shape index (κ3) is 5.30. The lowest BCUT2D eigenvalue weighted by Crippen LogP contribution is -2.26. The molecule has 2 N–H and O–H groups in total. The molecule has 224 valence electrons. The molecule has 0 saturated heterocycles. The van der Waals surface area contributed by atoms with Crippen molar-refractivity contribution in [1.29, 1.82) is 5.26 Å². The average Bonchev–Trinajstić information content (AvgIpc) is 3.34. The van der Waals surface area contributed by atoms with Crippen LogP contribution in [0.2, 0.25) is 0 Å². The predicted molar refractivity (Wildman–Crippen MR) is 164 cm³/mol. The smallest absolute Gasteiger partial charge is 0.260 e. The van der Waals surface area contributed by atoms with Crippen molar-refractivity contribution >= 4 is 17.5 Å². The lowest BCUT2D eigenvalue weighted by molar-refractivity contribution is 0.0996. The fraction of sp³-hybridized carbons (Fsp3) is 0.394. The van der Waals surface area contributed by atoms with Gasteiger partial charge in [0.15, 0.2) is 5.82 Å². The van der Waals surface area contributed by atoms with E-state index in [4.69, 9.17) is 4.98 Å². The van der Waals surface area contributed by atoms with Crippen molar-refractivity contribution in [3.63, 3.8) is 0 Å². The lowest BCUT2D eigenvalue weighted by Gasteiger charge is -2.21. The van der Waals surface area contributed by atoms with E-state index in [1.807, 2.05) is 42.8 Å². The fourth-order valence-electron chi connectivity index (χ4n) is 6.40. The first kappa shape index (κ1) is 28.1. The number of halogens is 1. The Morgan fingerprint density at radius 2 is 1.93 bits per heavy atom. The number of benzene rings is 1. The van der Waals surface area contributed by atoms with Gasteiger partial charge in [0, 0.05) is 48.2 Å². The molecule has 2 saturated carbocycles. The molecule has 2 fully saturated rings. The highest BCUT2D eigenvalue weighted by Gasteiger charge is 2.43. The Morgan fingerprint density at radius 1 is 1.11 bits per heavy atom. The van der Waals surface area contributed by atoms with Crippen LogP contribution in [0, 0.1) is 24.1 Å². The predicted octanol–water partition coefficient (Wildman–Crippen LogP) is 5.44. The molecule has 1 aromatic carbocycles. The molecule has 4 heterocycles. The summed E-state index contributed by atoms with van der Waals surface area (Å²) < 4.78 is 17.3. The van der Waals surface area contributed by atoms with E-state index in [1.54, 1.807) is 18.6 Å². The van der Waals surface area contributed by atoms with Crippen molar-refractivity contribution in [2.75, 3.05) is 10.2 Å². The van der Waals surface area contributed by atoms with Gasteiger partial charge in [-0.05, 0) is 79.6 Å². The number of anilines is 2. The molecule has 0 unspecified atom stereocenters. The zero-order chi connectivity index (χ0) is 30.4. The molecule has 44 heavy (non-hydrogen) atoms. The van der Waals surface area contributed by atoms with Gasteiger partial charge in [-0.2, -0.15) is 5.26 Å². The molecule has 1 amide bonds. The molecule has 3 aliphatic rings. The maximum Gasteiger partial charge on any atom is 0.260 e. The number of nitrogens with zero attached hydrogens (tertiary/aromatic N) is 7. The van der Waals surface area contributed by atoms with Gasteiger partial charge in [0.1, 0.15) is 23.8 Å². The Bertz CT molecular complexity index is 1800. The summed E-state index contributed by atoms with van der Waals surface area (Å²) in [7, 11) is 1.87. The molecule has 11 heteroatoms. The number of carbonyl (C=O) groups is 1. The van der Waals surface area contributed by atoms with Crippen LogP contribution >= 0.6 is 0 Å². The number of pyridine rings is 2. The van der Waals surface area contributed by atoms with Gasteiger partial charge >= 0.3 is 0 Å². The molecule has 7 rings (SSSR count). The number of rotatable bonds is 9. The molecular weight excluding hydrogens is 557 g/mol. The summed E-state index contributed by atoms with van der Waals surface area (Å²) in [6, 6.07) is 11.8. The SMILES string of the molecule is Cc1cc(-c2cc(NC3(CC#N)CC3)nc(N3Cc4c(F)cc(CNC5CCCC5)cc4C3=O)c2)c(-c2nncn2C)cn1. The monoisotopic (exact) mass is 591 g/mol. The number of aromatic nitrogens is 5. The second-order valence-electron chi connectivity index (χ2n) is 12.3. The minimum absolute atomic E-state index is 0.0844. The minimum Gasteiger partial charge on any atom is -0.364 e. The summed E-state index contributed by atoms with van der Waals surface area (Å²) in [5.74, 6) is 0.942. The van der Waals surface area contributed by atoms with E-state index >= 15 is 4.39 Å². The van der Waals surface area contributed by atoms with Gasteiger partial charge in [-0.1, -0.05) is 12.8 Å². The maximum absolute atomic E-state index is 15.5. The molecule has 1 aliphatic heterocycles. The molecule has 2 aliphatic carbocycles. The van der Waals surface area contributed by atoms with Gasteiger partial charge in [0.2, 0.25) is 0 Å². The summed E-state index contributed by atoms with van der Waals surface area (Å²) in [5.41, 5.74) is 4.40.